The first-order valence-electron chi connectivity index (χ1n) is 4.95. The summed E-state index contributed by atoms with van der Waals surface area (Å²) < 4.78 is 4.81. The number of rotatable bonds is 6. The van der Waals surface area contributed by atoms with Crippen LogP contribution in [0, 0.1) is 0 Å². The van der Waals surface area contributed by atoms with E-state index in [1.807, 2.05) is 11.4 Å². The van der Waals surface area contributed by atoms with Crippen LogP contribution < -0.4 is 0 Å². The summed E-state index contributed by atoms with van der Waals surface area (Å²) in [5.41, 5.74) is 1.03. The summed E-state index contributed by atoms with van der Waals surface area (Å²) >= 11 is 1.43. The van der Waals surface area contributed by atoms with Crippen LogP contribution >= 0.6 is 11.3 Å². The molecule has 0 unspecified atom stereocenters. The molecule has 0 aliphatic rings. The largest absolute Gasteiger partial charge is 0.466 e. The molecule has 0 saturated heterocycles. The van der Waals surface area contributed by atoms with Gasteiger partial charge in [-0.15, -0.1) is 11.3 Å². The number of aldehydes is 1. The molecule has 0 amide bonds. The molecular weight excluding hydrogens is 212 g/mol. The third-order valence-corrected chi connectivity index (χ3v) is 2.90. The van der Waals surface area contributed by atoms with Crippen molar-refractivity contribution in [3.8, 4) is 0 Å². The SMILES string of the molecule is CCOC(=O)CCCc1ccsc1C=O. The van der Waals surface area contributed by atoms with E-state index in [0.29, 0.717) is 13.0 Å². The Bertz CT molecular complexity index is 330. The topological polar surface area (TPSA) is 43.4 Å². The van der Waals surface area contributed by atoms with Crippen LogP contribution in [0.2, 0.25) is 0 Å². The maximum Gasteiger partial charge on any atom is 0.305 e. The zero-order valence-electron chi connectivity index (χ0n) is 8.69. The Hall–Kier alpha value is -1.16. The number of ether oxygens (including phenoxy) is 1. The van der Waals surface area contributed by atoms with Crippen molar-refractivity contribution >= 4 is 23.6 Å². The highest BCUT2D eigenvalue weighted by Crippen LogP contribution is 2.16. The van der Waals surface area contributed by atoms with E-state index in [4.69, 9.17) is 4.74 Å². The Labute approximate surface area is 93.1 Å². The highest BCUT2D eigenvalue weighted by atomic mass is 32.1. The van der Waals surface area contributed by atoms with Crippen LogP contribution in [-0.4, -0.2) is 18.9 Å². The predicted molar refractivity (Wildman–Crippen MR) is 59.3 cm³/mol. The maximum atomic E-state index is 11.0. The highest BCUT2D eigenvalue weighted by molar-refractivity contribution is 7.11. The van der Waals surface area contributed by atoms with E-state index in [9.17, 15) is 9.59 Å². The molecule has 0 fully saturated rings. The molecule has 0 radical (unpaired) electrons. The zero-order chi connectivity index (χ0) is 11.1. The van der Waals surface area contributed by atoms with E-state index >= 15 is 0 Å². The van der Waals surface area contributed by atoms with Gasteiger partial charge in [0.2, 0.25) is 0 Å². The van der Waals surface area contributed by atoms with Crippen LogP contribution in [0.5, 0.6) is 0 Å². The van der Waals surface area contributed by atoms with Crippen molar-refractivity contribution in [1.29, 1.82) is 0 Å². The molecule has 0 atom stereocenters. The lowest BCUT2D eigenvalue weighted by molar-refractivity contribution is -0.143. The highest BCUT2D eigenvalue weighted by Gasteiger charge is 2.05. The second-order valence-electron chi connectivity index (χ2n) is 3.09. The van der Waals surface area contributed by atoms with E-state index in [0.717, 1.165) is 29.6 Å². The van der Waals surface area contributed by atoms with Gasteiger partial charge >= 0.3 is 5.97 Å². The Balaban J connectivity index is 2.31. The third kappa shape index (κ3) is 3.83. The van der Waals surface area contributed by atoms with Crippen LogP contribution in [0.4, 0.5) is 0 Å². The Morgan fingerprint density at radius 1 is 1.60 bits per heavy atom. The van der Waals surface area contributed by atoms with Crippen molar-refractivity contribution < 1.29 is 14.3 Å². The number of carbonyl (C=O) groups is 2. The van der Waals surface area contributed by atoms with Gasteiger partial charge in [-0.05, 0) is 36.8 Å². The Morgan fingerprint density at radius 3 is 3.07 bits per heavy atom. The summed E-state index contributed by atoms with van der Waals surface area (Å²) in [6.07, 6.45) is 2.78. The Morgan fingerprint density at radius 2 is 2.40 bits per heavy atom. The lowest BCUT2D eigenvalue weighted by atomic mass is 10.1. The van der Waals surface area contributed by atoms with Gasteiger partial charge in [-0.3, -0.25) is 9.59 Å². The first-order chi connectivity index (χ1) is 7.27. The van der Waals surface area contributed by atoms with Gasteiger partial charge in [-0.25, -0.2) is 0 Å². The van der Waals surface area contributed by atoms with Gasteiger partial charge in [-0.1, -0.05) is 0 Å². The first kappa shape index (κ1) is 11.9. The van der Waals surface area contributed by atoms with Gasteiger partial charge in [0.25, 0.3) is 0 Å². The summed E-state index contributed by atoms with van der Waals surface area (Å²) in [6.45, 7) is 2.22. The van der Waals surface area contributed by atoms with Crippen LogP contribution in [0.3, 0.4) is 0 Å². The van der Waals surface area contributed by atoms with Crippen LogP contribution in [0.25, 0.3) is 0 Å². The lowest BCUT2D eigenvalue weighted by Gasteiger charge is -2.01. The van der Waals surface area contributed by atoms with Gasteiger partial charge in [0.05, 0.1) is 11.5 Å². The fourth-order valence-electron chi connectivity index (χ4n) is 1.31. The molecule has 1 aromatic rings. The number of hydrogen-bond donors (Lipinski definition) is 0. The third-order valence-electron chi connectivity index (χ3n) is 2.02. The van der Waals surface area contributed by atoms with Crippen molar-refractivity contribution in [3.05, 3.63) is 21.9 Å². The van der Waals surface area contributed by atoms with Gasteiger partial charge in [0.15, 0.2) is 6.29 Å². The average molecular weight is 226 g/mol. The van der Waals surface area contributed by atoms with Crippen molar-refractivity contribution in [2.75, 3.05) is 6.61 Å². The maximum absolute atomic E-state index is 11.0. The molecule has 0 bridgehead atoms. The lowest BCUT2D eigenvalue weighted by Crippen LogP contribution is -2.04. The van der Waals surface area contributed by atoms with Crippen molar-refractivity contribution in [3.63, 3.8) is 0 Å². The van der Waals surface area contributed by atoms with Crippen LogP contribution in [-0.2, 0) is 16.0 Å². The molecule has 0 aromatic carbocycles. The normalized spacial score (nSPS) is 9.93. The molecule has 0 N–H and O–H groups in total. The van der Waals surface area contributed by atoms with E-state index in [1.54, 1.807) is 6.92 Å². The molecule has 3 nitrogen and oxygen atoms in total. The standard InChI is InChI=1S/C11H14O3S/c1-2-14-11(13)5-3-4-9-6-7-15-10(9)8-12/h6-8H,2-5H2,1H3. The minimum Gasteiger partial charge on any atom is -0.466 e. The fourth-order valence-corrected chi connectivity index (χ4v) is 2.07. The van der Waals surface area contributed by atoms with Gasteiger partial charge in [0, 0.05) is 6.42 Å². The molecule has 1 rings (SSSR count). The molecule has 0 aliphatic carbocycles. The molecule has 4 heteroatoms. The molecule has 82 valence electrons. The first-order valence-corrected chi connectivity index (χ1v) is 5.83. The smallest absolute Gasteiger partial charge is 0.305 e. The van der Waals surface area contributed by atoms with Gasteiger partial charge in [-0.2, -0.15) is 0 Å². The second kappa shape index (κ2) is 6.35. The van der Waals surface area contributed by atoms with Crippen molar-refractivity contribution in [2.24, 2.45) is 0 Å². The number of esters is 1. The Kier molecular flexibility index (Phi) is 5.04. The summed E-state index contributed by atoms with van der Waals surface area (Å²) in [7, 11) is 0. The molecule has 0 aliphatic heterocycles. The minimum absolute atomic E-state index is 0.166. The molecule has 1 aromatic heterocycles. The summed E-state index contributed by atoms with van der Waals surface area (Å²) in [5.74, 6) is -0.166. The second-order valence-corrected chi connectivity index (χ2v) is 4.03. The fraction of sp³-hybridized carbons (Fsp3) is 0.455. The summed E-state index contributed by atoms with van der Waals surface area (Å²) in [5, 5.41) is 1.89. The zero-order valence-corrected chi connectivity index (χ0v) is 9.51. The number of hydrogen-bond acceptors (Lipinski definition) is 4. The summed E-state index contributed by atoms with van der Waals surface area (Å²) in [6, 6.07) is 1.93. The molecule has 15 heavy (non-hydrogen) atoms. The van der Waals surface area contributed by atoms with Crippen molar-refractivity contribution in [1.82, 2.24) is 0 Å². The summed E-state index contributed by atoms with van der Waals surface area (Å²) in [4.78, 5) is 22.4. The van der Waals surface area contributed by atoms with Crippen LogP contribution in [0.15, 0.2) is 11.4 Å². The van der Waals surface area contributed by atoms with Gasteiger partial charge < -0.3 is 4.74 Å². The number of thiophene rings is 1. The number of carbonyl (C=O) groups excluding carboxylic acids is 2. The van der Waals surface area contributed by atoms with Gasteiger partial charge in [0.1, 0.15) is 0 Å². The van der Waals surface area contributed by atoms with E-state index in [-0.39, 0.29) is 5.97 Å². The van der Waals surface area contributed by atoms with E-state index in [1.165, 1.54) is 11.3 Å². The predicted octanol–water partition coefficient (Wildman–Crippen LogP) is 2.45. The number of aryl methyl sites for hydroxylation is 1. The molecule has 0 saturated carbocycles. The van der Waals surface area contributed by atoms with Crippen molar-refractivity contribution in [2.45, 2.75) is 26.2 Å². The van der Waals surface area contributed by atoms with Crippen LogP contribution in [0.1, 0.15) is 35.0 Å². The quantitative estimate of drug-likeness (QED) is 0.552. The average Bonchev–Trinajstić information content (AvgIpc) is 2.66. The molecule has 1 heterocycles. The monoisotopic (exact) mass is 226 g/mol. The minimum atomic E-state index is -0.166. The molecular formula is C11H14O3S. The van der Waals surface area contributed by atoms with E-state index in [2.05, 4.69) is 0 Å². The molecule has 0 spiro atoms. The van der Waals surface area contributed by atoms with E-state index < -0.39 is 0 Å².